The maximum atomic E-state index is 12.3. The molecule has 1 aliphatic rings. The van der Waals surface area contributed by atoms with Crippen molar-refractivity contribution in [3.63, 3.8) is 0 Å². The fraction of sp³-hybridized carbons (Fsp3) is 0.440. The number of nitrogens with zero attached hydrogens (tertiary/aromatic N) is 4. The summed E-state index contributed by atoms with van der Waals surface area (Å²) in [6, 6.07) is 8.21. The quantitative estimate of drug-likeness (QED) is 0.222. The molecule has 2 aromatic heterocycles. The van der Waals surface area contributed by atoms with Crippen LogP contribution in [-0.4, -0.2) is 38.5 Å². The van der Waals surface area contributed by atoms with Crippen molar-refractivity contribution in [3.8, 4) is 5.75 Å². The first-order chi connectivity index (χ1) is 16.6. The highest BCUT2D eigenvalue weighted by atomic mass is 32.2. The number of carbonyl (C=O) groups excluding carboxylic acids is 1. The standard InChI is InChI=1S/C25H31N5O2S2/c1-18-27-20(17-34-18)16-32-22-10-5-7-19(15-22)12-13-24(31)26-14-6-11-23-28-29-25(33-2)30(23)21-8-3-4-9-21/h5,7,10,12-13,15,17,21H,3-4,6,8-9,11,14,16H2,1-2H3,(H,26,31). The topological polar surface area (TPSA) is 81.9 Å². The maximum absolute atomic E-state index is 12.3. The number of hydrogen-bond donors (Lipinski definition) is 1. The predicted octanol–water partition coefficient (Wildman–Crippen LogP) is 5.22. The highest BCUT2D eigenvalue weighted by Gasteiger charge is 2.23. The Morgan fingerprint density at radius 2 is 2.18 bits per heavy atom. The minimum Gasteiger partial charge on any atom is -0.487 e. The molecule has 7 nitrogen and oxygen atoms in total. The molecule has 0 saturated heterocycles. The molecule has 0 radical (unpaired) electrons. The average molecular weight is 498 g/mol. The molecule has 1 N–H and O–H groups in total. The van der Waals surface area contributed by atoms with E-state index in [1.165, 1.54) is 25.7 Å². The molecule has 34 heavy (non-hydrogen) atoms. The van der Waals surface area contributed by atoms with Gasteiger partial charge in [-0.25, -0.2) is 4.98 Å². The van der Waals surface area contributed by atoms with Crippen LogP contribution in [0.5, 0.6) is 5.75 Å². The summed E-state index contributed by atoms with van der Waals surface area (Å²) in [5.41, 5.74) is 1.84. The van der Waals surface area contributed by atoms with E-state index in [4.69, 9.17) is 4.74 Å². The van der Waals surface area contributed by atoms with Crippen molar-refractivity contribution in [2.75, 3.05) is 12.8 Å². The van der Waals surface area contributed by atoms with E-state index in [1.807, 2.05) is 36.6 Å². The van der Waals surface area contributed by atoms with Crippen LogP contribution in [-0.2, 0) is 17.8 Å². The second-order valence-corrected chi connectivity index (χ2v) is 10.2. The lowest BCUT2D eigenvalue weighted by molar-refractivity contribution is -0.116. The number of nitrogens with one attached hydrogen (secondary N) is 1. The Morgan fingerprint density at radius 1 is 1.32 bits per heavy atom. The van der Waals surface area contributed by atoms with Gasteiger partial charge in [-0.05, 0) is 56.2 Å². The Morgan fingerprint density at radius 3 is 2.94 bits per heavy atom. The Labute approximate surface area is 209 Å². The van der Waals surface area contributed by atoms with Gasteiger partial charge in [0.1, 0.15) is 18.2 Å². The number of carbonyl (C=O) groups is 1. The smallest absolute Gasteiger partial charge is 0.243 e. The molecule has 4 rings (SSSR count). The zero-order valence-corrected chi connectivity index (χ0v) is 21.3. The lowest BCUT2D eigenvalue weighted by Gasteiger charge is -2.16. The third-order valence-corrected chi connectivity index (χ3v) is 7.29. The minimum atomic E-state index is -0.105. The normalized spacial score (nSPS) is 14.2. The summed E-state index contributed by atoms with van der Waals surface area (Å²) >= 11 is 3.27. The van der Waals surface area contributed by atoms with Crippen LogP contribution in [0.1, 0.15) is 60.2 Å². The first-order valence-electron chi connectivity index (χ1n) is 11.7. The van der Waals surface area contributed by atoms with E-state index in [0.29, 0.717) is 19.2 Å². The van der Waals surface area contributed by atoms with Gasteiger partial charge in [0.15, 0.2) is 5.16 Å². The Kier molecular flexibility index (Phi) is 8.76. The van der Waals surface area contributed by atoms with Gasteiger partial charge in [0.05, 0.1) is 10.7 Å². The predicted molar refractivity (Wildman–Crippen MR) is 137 cm³/mol. The van der Waals surface area contributed by atoms with Crippen LogP contribution in [0.15, 0.2) is 40.9 Å². The Balaban J connectivity index is 1.22. The molecule has 1 amide bonds. The monoisotopic (exact) mass is 497 g/mol. The zero-order chi connectivity index (χ0) is 23.8. The minimum absolute atomic E-state index is 0.105. The number of rotatable bonds is 11. The summed E-state index contributed by atoms with van der Waals surface area (Å²) < 4.78 is 8.15. The molecule has 180 valence electrons. The van der Waals surface area contributed by atoms with Crippen LogP contribution in [0.25, 0.3) is 6.08 Å². The van der Waals surface area contributed by atoms with Crippen molar-refractivity contribution in [1.82, 2.24) is 25.1 Å². The van der Waals surface area contributed by atoms with E-state index >= 15 is 0 Å². The van der Waals surface area contributed by atoms with Gasteiger partial charge in [-0.15, -0.1) is 21.5 Å². The van der Waals surface area contributed by atoms with E-state index in [2.05, 4.69) is 31.3 Å². The van der Waals surface area contributed by atoms with E-state index < -0.39 is 0 Å². The maximum Gasteiger partial charge on any atom is 0.243 e. The van der Waals surface area contributed by atoms with Crippen molar-refractivity contribution >= 4 is 35.1 Å². The molecule has 1 aliphatic carbocycles. The number of aryl methyl sites for hydroxylation is 2. The van der Waals surface area contributed by atoms with Gasteiger partial charge < -0.3 is 14.6 Å². The Bertz CT molecular complexity index is 1120. The van der Waals surface area contributed by atoms with Crippen molar-refractivity contribution < 1.29 is 9.53 Å². The summed E-state index contributed by atoms with van der Waals surface area (Å²) in [6.07, 6.45) is 12.0. The summed E-state index contributed by atoms with van der Waals surface area (Å²) in [4.78, 5) is 16.7. The zero-order valence-electron chi connectivity index (χ0n) is 19.7. The van der Waals surface area contributed by atoms with Crippen LogP contribution in [0.2, 0.25) is 0 Å². The van der Waals surface area contributed by atoms with E-state index in [-0.39, 0.29) is 5.91 Å². The molecule has 0 unspecified atom stereocenters. The number of amides is 1. The van der Waals surface area contributed by atoms with Crippen LogP contribution in [0.3, 0.4) is 0 Å². The van der Waals surface area contributed by atoms with Gasteiger partial charge in [0, 0.05) is 30.5 Å². The van der Waals surface area contributed by atoms with Crippen molar-refractivity contribution in [2.45, 2.75) is 63.3 Å². The first kappa shape index (κ1) is 24.5. The van der Waals surface area contributed by atoms with Crippen LogP contribution < -0.4 is 10.1 Å². The van der Waals surface area contributed by atoms with Gasteiger partial charge in [0.2, 0.25) is 5.91 Å². The number of aromatic nitrogens is 4. The summed E-state index contributed by atoms with van der Waals surface area (Å²) in [6.45, 7) is 3.02. The third kappa shape index (κ3) is 6.70. The van der Waals surface area contributed by atoms with Gasteiger partial charge in [-0.3, -0.25) is 4.79 Å². The first-order valence-corrected chi connectivity index (χ1v) is 13.8. The number of ether oxygens (including phenoxy) is 1. The summed E-state index contributed by atoms with van der Waals surface area (Å²) in [7, 11) is 0. The molecule has 9 heteroatoms. The van der Waals surface area contributed by atoms with Crippen molar-refractivity contribution in [1.29, 1.82) is 0 Å². The van der Waals surface area contributed by atoms with Gasteiger partial charge in [0.25, 0.3) is 0 Å². The molecule has 0 aliphatic heterocycles. The highest BCUT2D eigenvalue weighted by Crippen LogP contribution is 2.33. The van der Waals surface area contributed by atoms with Crippen LogP contribution >= 0.6 is 23.1 Å². The average Bonchev–Trinajstić information content (AvgIpc) is 3.60. The van der Waals surface area contributed by atoms with Gasteiger partial charge >= 0.3 is 0 Å². The second kappa shape index (κ2) is 12.2. The number of thioether (sulfide) groups is 1. The highest BCUT2D eigenvalue weighted by molar-refractivity contribution is 7.98. The van der Waals surface area contributed by atoms with Gasteiger partial charge in [-0.2, -0.15) is 0 Å². The molecule has 1 saturated carbocycles. The van der Waals surface area contributed by atoms with E-state index in [1.54, 1.807) is 35.3 Å². The van der Waals surface area contributed by atoms with Crippen LogP contribution in [0, 0.1) is 6.92 Å². The Hall–Kier alpha value is -2.65. The van der Waals surface area contributed by atoms with Crippen molar-refractivity contribution in [2.24, 2.45) is 0 Å². The summed E-state index contributed by atoms with van der Waals surface area (Å²) in [5, 5.41) is 15.8. The fourth-order valence-electron chi connectivity index (χ4n) is 4.18. The molecule has 3 aromatic rings. The van der Waals surface area contributed by atoms with Crippen LogP contribution in [0.4, 0.5) is 0 Å². The number of benzene rings is 1. The fourth-order valence-corrected chi connectivity index (χ4v) is 5.35. The summed E-state index contributed by atoms with van der Waals surface area (Å²) in [5.74, 6) is 1.68. The number of hydrogen-bond acceptors (Lipinski definition) is 7. The third-order valence-electron chi connectivity index (χ3n) is 5.82. The van der Waals surface area contributed by atoms with Gasteiger partial charge in [-0.1, -0.05) is 36.7 Å². The molecule has 0 spiro atoms. The van der Waals surface area contributed by atoms with E-state index in [9.17, 15) is 4.79 Å². The lowest BCUT2D eigenvalue weighted by atomic mass is 10.2. The largest absolute Gasteiger partial charge is 0.487 e. The number of thiazole rings is 1. The molecule has 1 fully saturated rings. The lowest BCUT2D eigenvalue weighted by Crippen LogP contribution is -2.23. The molecule has 1 aromatic carbocycles. The molecular weight excluding hydrogens is 466 g/mol. The SMILES string of the molecule is CSc1nnc(CCCNC(=O)C=Cc2cccc(OCc3csc(C)n3)c2)n1C1CCCC1. The molecule has 0 atom stereocenters. The van der Waals surface area contributed by atoms with Crippen molar-refractivity contribution in [3.05, 3.63) is 57.8 Å². The molecule has 0 bridgehead atoms. The molecular formula is C25H31N5O2S2. The second-order valence-electron chi connectivity index (χ2n) is 8.36. The van der Waals surface area contributed by atoms with E-state index in [0.717, 1.165) is 45.8 Å². The molecule has 2 heterocycles.